The van der Waals surface area contributed by atoms with Crippen molar-refractivity contribution in [1.29, 1.82) is 0 Å². The number of aromatic nitrogens is 1. The van der Waals surface area contributed by atoms with Gasteiger partial charge in [-0.3, -0.25) is 0 Å². The molecule has 1 heterocycles. The van der Waals surface area contributed by atoms with Gasteiger partial charge in [0.05, 0.1) is 6.10 Å². The second-order valence-corrected chi connectivity index (χ2v) is 6.20. The van der Waals surface area contributed by atoms with E-state index in [9.17, 15) is 5.11 Å². The predicted octanol–water partition coefficient (Wildman–Crippen LogP) is 4.69. The highest BCUT2D eigenvalue weighted by atomic mass is 16.5. The molecule has 27 heavy (non-hydrogen) atoms. The van der Waals surface area contributed by atoms with Gasteiger partial charge in [-0.05, 0) is 43.7 Å². The SMILES string of the molecule is CCOC(CCO)c1ccc(OCc2nc(-c3ccccc3)oc2C)cc1. The van der Waals surface area contributed by atoms with Crippen LogP contribution in [0.4, 0.5) is 0 Å². The van der Waals surface area contributed by atoms with Crippen molar-refractivity contribution in [3.63, 3.8) is 0 Å². The first kappa shape index (κ1) is 19.1. The normalized spacial score (nSPS) is 12.1. The minimum absolute atomic E-state index is 0.0953. The number of oxazole rings is 1. The third-order valence-corrected chi connectivity index (χ3v) is 4.30. The Bertz CT molecular complexity index is 821. The van der Waals surface area contributed by atoms with Gasteiger partial charge in [0.15, 0.2) is 0 Å². The Morgan fingerprint density at radius 3 is 2.48 bits per heavy atom. The summed E-state index contributed by atoms with van der Waals surface area (Å²) in [5.41, 5.74) is 2.76. The lowest BCUT2D eigenvalue weighted by Crippen LogP contribution is -2.06. The maximum atomic E-state index is 9.18. The Hall–Kier alpha value is -2.63. The molecular weight excluding hydrogens is 342 g/mol. The van der Waals surface area contributed by atoms with Crippen LogP contribution >= 0.6 is 0 Å². The molecule has 1 unspecified atom stereocenters. The summed E-state index contributed by atoms with van der Waals surface area (Å²) in [6.07, 6.45) is 0.481. The van der Waals surface area contributed by atoms with Crippen LogP contribution in [0.1, 0.15) is 36.5 Å². The van der Waals surface area contributed by atoms with E-state index in [2.05, 4.69) is 4.98 Å². The smallest absolute Gasteiger partial charge is 0.226 e. The van der Waals surface area contributed by atoms with Crippen LogP contribution in [0.15, 0.2) is 59.0 Å². The summed E-state index contributed by atoms with van der Waals surface area (Å²) < 4.78 is 17.3. The van der Waals surface area contributed by atoms with Gasteiger partial charge in [-0.25, -0.2) is 4.98 Å². The van der Waals surface area contributed by atoms with Gasteiger partial charge in [-0.1, -0.05) is 30.3 Å². The number of aliphatic hydroxyl groups excluding tert-OH is 1. The van der Waals surface area contributed by atoms with E-state index >= 15 is 0 Å². The van der Waals surface area contributed by atoms with Gasteiger partial charge in [0.2, 0.25) is 5.89 Å². The van der Waals surface area contributed by atoms with E-state index in [0.29, 0.717) is 25.5 Å². The molecule has 0 fully saturated rings. The lowest BCUT2D eigenvalue weighted by atomic mass is 10.1. The molecule has 0 radical (unpaired) electrons. The fourth-order valence-electron chi connectivity index (χ4n) is 2.86. The van der Waals surface area contributed by atoms with Crippen molar-refractivity contribution in [2.75, 3.05) is 13.2 Å². The third-order valence-electron chi connectivity index (χ3n) is 4.30. The standard InChI is InChI=1S/C22H25NO4/c1-3-25-21(13-14-24)17-9-11-19(12-10-17)26-15-20-16(2)27-22(23-20)18-7-5-4-6-8-18/h4-12,21,24H,3,13-15H2,1-2H3. The van der Waals surface area contributed by atoms with Crippen molar-refractivity contribution in [1.82, 2.24) is 4.98 Å². The predicted molar refractivity (Wildman–Crippen MR) is 104 cm³/mol. The van der Waals surface area contributed by atoms with Gasteiger partial charge >= 0.3 is 0 Å². The molecule has 1 aromatic heterocycles. The average molecular weight is 367 g/mol. The van der Waals surface area contributed by atoms with Gasteiger partial charge in [0, 0.05) is 25.2 Å². The third kappa shape index (κ3) is 4.96. The first-order valence-corrected chi connectivity index (χ1v) is 9.18. The summed E-state index contributed by atoms with van der Waals surface area (Å²) in [5.74, 6) is 2.11. The van der Waals surface area contributed by atoms with E-state index < -0.39 is 0 Å². The number of rotatable bonds is 9. The highest BCUT2D eigenvalue weighted by molar-refractivity contribution is 5.53. The van der Waals surface area contributed by atoms with Crippen LogP contribution in [-0.4, -0.2) is 23.3 Å². The van der Waals surface area contributed by atoms with Gasteiger partial charge in [0.25, 0.3) is 0 Å². The highest BCUT2D eigenvalue weighted by Gasteiger charge is 2.13. The van der Waals surface area contributed by atoms with E-state index in [-0.39, 0.29) is 12.7 Å². The van der Waals surface area contributed by atoms with Gasteiger partial charge < -0.3 is 19.0 Å². The zero-order valence-corrected chi connectivity index (χ0v) is 15.7. The van der Waals surface area contributed by atoms with Gasteiger partial charge in [0.1, 0.15) is 23.8 Å². The number of hydrogen-bond acceptors (Lipinski definition) is 5. The number of hydrogen-bond donors (Lipinski definition) is 1. The Balaban J connectivity index is 1.64. The molecule has 1 N–H and O–H groups in total. The fraction of sp³-hybridized carbons (Fsp3) is 0.318. The summed E-state index contributed by atoms with van der Waals surface area (Å²) in [5, 5.41) is 9.18. The van der Waals surface area contributed by atoms with Crippen molar-refractivity contribution in [3.8, 4) is 17.2 Å². The van der Waals surface area contributed by atoms with E-state index in [1.165, 1.54) is 0 Å². The van der Waals surface area contributed by atoms with Crippen molar-refractivity contribution >= 4 is 0 Å². The molecule has 3 rings (SSSR count). The Labute approximate surface area is 159 Å². The van der Waals surface area contributed by atoms with Gasteiger partial charge in [-0.2, -0.15) is 0 Å². The Kier molecular flexibility index (Phi) is 6.63. The second kappa shape index (κ2) is 9.35. The van der Waals surface area contributed by atoms with Crippen LogP contribution in [0.2, 0.25) is 0 Å². The lowest BCUT2D eigenvalue weighted by Gasteiger charge is -2.16. The Morgan fingerprint density at radius 1 is 1.07 bits per heavy atom. The molecule has 2 aromatic carbocycles. The topological polar surface area (TPSA) is 64.7 Å². The minimum atomic E-state index is -0.0970. The number of aliphatic hydroxyl groups is 1. The highest BCUT2D eigenvalue weighted by Crippen LogP contribution is 2.25. The van der Waals surface area contributed by atoms with Crippen LogP contribution in [-0.2, 0) is 11.3 Å². The van der Waals surface area contributed by atoms with Crippen molar-refractivity contribution < 1.29 is 19.0 Å². The molecule has 0 amide bonds. The van der Waals surface area contributed by atoms with Crippen LogP contribution < -0.4 is 4.74 Å². The molecular formula is C22H25NO4. The molecule has 0 aliphatic rings. The van der Waals surface area contributed by atoms with Crippen LogP contribution in [0.5, 0.6) is 5.75 Å². The molecule has 1 atom stereocenters. The van der Waals surface area contributed by atoms with E-state index in [4.69, 9.17) is 13.9 Å². The largest absolute Gasteiger partial charge is 0.487 e. The first-order valence-electron chi connectivity index (χ1n) is 9.18. The molecule has 5 nitrogen and oxygen atoms in total. The minimum Gasteiger partial charge on any atom is -0.487 e. The van der Waals surface area contributed by atoms with Crippen LogP contribution in [0.3, 0.4) is 0 Å². The van der Waals surface area contributed by atoms with Gasteiger partial charge in [-0.15, -0.1) is 0 Å². The zero-order chi connectivity index (χ0) is 19.1. The molecule has 0 saturated carbocycles. The lowest BCUT2D eigenvalue weighted by molar-refractivity contribution is 0.0431. The number of nitrogens with zero attached hydrogens (tertiary/aromatic N) is 1. The molecule has 0 bridgehead atoms. The summed E-state index contributed by atoms with van der Waals surface area (Å²) >= 11 is 0. The quantitative estimate of drug-likeness (QED) is 0.594. The maximum absolute atomic E-state index is 9.18. The number of aryl methyl sites for hydroxylation is 1. The number of benzene rings is 2. The molecule has 142 valence electrons. The summed E-state index contributed by atoms with van der Waals surface area (Å²) in [6.45, 7) is 4.89. The van der Waals surface area contributed by atoms with Crippen molar-refractivity contribution in [2.45, 2.75) is 33.0 Å². The second-order valence-electron chi connectivity index (χ2n) is 6.20. The molecule has 0 aliphatic heterocycles. The Morgan fingerprint density at radius 2 is 1.81 bits per heavy atom. The van der Waals surface area contributed by atoms with E-state index in [1.54, 1.807) is 0 Å². The zero-order valence-electron chi connectivity index (χ0n) is 15.7. The monoisotopic (exact) mass is 367 g/mol. The van der Waals surface area contributed by atoms with Crippen LogP contribution in [0.25, 0.3) is 11.5 Å². The first-order chi connectivity index (χ1) is 13.2. The molecule has 0 spiro atoms. The fourth-order valence-corrected chi connectivity index (χ4v) is 2.86. The summed E-state index contributed by atoms with van der Waals surface area (Å²) in [4.78, 5) is 4.55. The number of ether oxygens (including phenoxy) is 2. The van der Waals surface area contributed by atoms with Crippen molar-refractivity contribution in [3.05, 3.63) is 71.6 Å². The molecule has 0 aliphatic carbocycles. The molecule has 5 heteroatoms. The summed E-state index contributed by atoms with van der Waals surface area (Å²) in [7, 11) is 0. The summed E-state index contributed by atoms with van der Waals surface area (Å²) in [6, 6.07) is 17.6. The van der Waals surface area contributed by atoms with E-state index in [0.717, 1.165) is 28.3 Å². The molecule has 3 aromatic rings. The van der Waals surface area contributed by atoms with E-state index in [1.807, 2.05) is 68.4 Å². The molecule has 0 saturated heterocycles. The maximum Gasteiger partial charge on any atom is 0.226 e. The van der Waals surface area contributed by atoms with Crippen LogP contribution in [0, 0.1) is 6.92 Å². The van der Waals surface area contributed by atoms with Crippen molar-refractivity contribution in [2.24, 2.45) is 0 Å². The average Bonchev–Trinajstić information content (AvgIpc) is 3.08.